The van der Waals surface area contributed by atoms with Crippen LogP contribution in [-0.2, 0) is 9.59 Å². The van der Waals surface area contributed by atoms with Crippen LogP contribution in [0.4, 0.5) is 11.4 Å². The Hall–Kier alpha value is -3.61. The van der Waals surface area contributed by atoms with E-state index in [9.17, 15) is 14.4 Å². The maximum absolute atomic E-state index is 12.9. The Balaban J connectivity index is 1.50. The number of hydrogen-bond donors (Lipinski definition) is 1. The molecule has 0 aliphatic carbocycles. The molecular weight excluding hydrogens is 475 g/mol. The summed E-state index contributed by atoms with van der Waals surface area (Å²) in [4.78, 5) is 39.1. The number of esters is 1. The highest BCUT2D eigenvalue weighted by molar-refractivity contribution is 6.53. The molecule has 0 aromatic heterocycles. The van der Waals surface area contributed by atoms with Gasteiger partial charge in [0, 0.05) is 10.7 Å². The highest BCUT2D eigenvalue weighted by Crippen LogP contribution is 2.31. The Kier molecular flexibility index (Phi) is 6.46. The zero-order chi connectivity index (χ0) is 24.6. The van der Waals surface area contributed by atoms with Crippen LogP contribution < -0.4 is 15.0 Å². The number of hydrogen-bond acceptors (Lipinski definition) is 5. The van der Waals surface area contributed by atoms with E-state index in [0.29, 0.717) is 27.7 Å². The molecule has 8 heteroatoms. The molecule has 3 aromatic rings. The summed E-state index contributed by atoms with van der Waals surface area (Å²) in [6.07, 6.45) is 0. The van der Waals surface area contributed by atoms with Gasteiger partial charge in [0.05, 0.1) is 11.3 Å². The molecule has 0 spiro atoms. The van der Waals surface area contributed by atoms with Crippen LogP contribution in [0.25, 0.3) is 0 Å². The van der Waals surface area contributed by atoms with Gasteiger partial charge in [0.15, 0.2) is 0 Å². The summed E-state index contributed by atoms with van der Waals surface area (Å²) in [6, 6.07) is 16.5. The van der Waals surface area contributed by atoms with Crippen molar-refractivity contribution in [2.75, 3.05) is 10.2 Å². The SMILES string of the molecule is Cc1ccc(C)c(OC(=O)c2ccc(NC3=C(Cl)C(=O)N(c4ccc(Cl)cc4)C3=O)cc2)c1C. The van der Waals surface area contributed by atoms with Gasteiger partial charge in [-0.15, -0.1) is 0 Å². The molecule has 0 fully saturated rings. The maximum atomic E-state index is 12.9. The first-order valence-electron chi connectivity index (χ1n) is 10.4. The minimum absolute atomic E-state index is 0.0528. The van der Waals surface area contributed by atoms with Crippen LogP contribution in [0, 0.1) is 20.8 Å². The third-order valence-corrected chi connectivity index (χ3v) is 6.17. The average molecular weight is 495 g/mol. The number of ether oxygens (including phenoxy) is 1. The number of nitrogens with zero attached hydrogens (tertiary/aromatic N) is 1. The van der Waals surface area contributed by atoms with Crippen molar-refractivity contribution in [2.45, 2.75) is 20.8 Å². The van der Waals surface area contributed by atoms with Crippen LogP contribution in [0.15, 0.2) is 71.4 Å². The zero-order valence-electron chi connectivity index (χ0n) is 18.6. The molecule has 0 bridgehead atoms. The number of carbonyl (C=O) groups is 3. The van der Waals surface area contributed by atoms with E-state index in [1.807, 2.05) is 32.9 Å². The molecule has 172 valence electrons. The van der Waals surface area contributed by atoms with Gasteiger partial charge in [-0.1, -0.05) is 35.3 Å². The van der Waals surface area contributed by atoms with Crippen LogP contribution in [0.3, 0.4) is 0 Å². The minimum Gasteiger partial charge on any atom is -0.422 e. The lowest BCUT2D eigenvalue weighted by Gasteiger charge is -2.15. The van der Waals surface area contributed by atoms with Crippen LogP contribution in [0.5, 0.6) is 5.75 Å². The van der Waals surface area contributed by atoms with E-state index in [2.05, 4.69) is 5.32 Å². The van der Waals surface area contributed by atoms with Crippen molar-refractivity contribution in [3.8, 4) is 5.75 Å². The fourth-order valence-electron chi connectivity index (χ4n) is 3.50. The third kappa shape index (κ3) is 4.42. The monoisotopic (exact) mass is 494 g/mol. The van der Waals surface area contributed by atoms with Gasteiger partial charge in [0.25, 0.3) is 11.8 Å². The molecule has 3 aromatic carbocycles. The fraction of sp³-hybridized carbons (Fsp3) is 0.115. The Morgan fingerprint density at radius 1 is 0.824 bits per heavy atom. The van der Waals surface area contributed by atoms with Crippen molar-refractivity contribution in [1.29, 1.82) is 0 Å². The van der Waals surface area contributed by atoms with Crippen molar-refractivity contribution in [3.63, 3.8) is 0 Å². The topological polar surface area (TPSA) is 75.7 Å². The van der Waals surface area contributed by atoms with Gasteiger partial charge < -0.3 is 10.1 Å². The summed E-state index contributed by atoms with van der Waals surface area (Å²) in [5.74, 6) is -1.19. The predicted molar refractivity (Wildman–Crippen MR) is 133 cm³/mol. The fourth-order valence-corrected chi connectivity index (χ4v) is 3.84. The second kappa shape index (κ2) is 9.33. The summed E-state index contributed by atoms with van der Waals surface area (Å²) in [6.45, 7) is 5.74. The molecular formula is C26H20Cl2N2O4. The van der Waals surface area contributed by atoms with Gasteiger partial charge >= 0.3 is 5.97 Å². The van der Waals surface area contributed by atoms with E-state index < -0.39 is 17.8 Å². The molecule has 0 saturated carbocycles. The normalized spacial score (nSPS) is 13.5. The lowest BCUT2D eigenvalue weighted by atomic mass is 10.1. The number of benzene rings is 3. The number of amides is 2. The summed E-state index contributed by atoms with van der Waals surface area (Å²) in [7, 11) is 0. The van der Waals surface area contributed by atoms with Gasteiger partial charge in [0.1, 0.15) is 16.5 Å². The molecule has 6 nitrogen and oxygen atoms in total. The number of nitrogens with one attached hydrogen (secondary N) is 1. The molecule has 1 N–H and O–H groups in total. The maximum Gasteiger partial charge on any atom is 0.343 e. The van der Waals surface area contributed by atoms with Gasteiger partial charge in [-0.05, 0) is 86.0 Å². The second-order valence-electron chi connectivity index (χ2n) is 7.86. The van der Waals surface area contributed by atoms with Crippen molar-refractivity contribution >= 4 is 52.4 Å². The van der Waals surface area contributed by atoms with Crippen LogP contribution in [-0.4, -0.2) is 17.8 Å². The summed E-state index contributed by atoms with van der Waals surface area (Å²) < 4.78 is 5.63. The number of imide groups is 1. The zero-order valence-corrected chi connectivity index (χ0v) is 20.1. The third-order valence-electron chi connectivity index (χ3n) is 5.57. The van der Waals surface area contributed by atoms with E-state index >= 15 is 0 Å². The van der Waals surface area contributed by atoms with E-state index in [0.717, 1.165) is 21.6 Å². The molecule has 34 heavy (non-hydrogen) atoms. The number of halogens is 2. The van der Waals surface area contributed by atoms with Crippen molar-refractivity contribution in [1.82, 2.24) is 0 Å². The van der Waals surface area contributed by atoms with Crippen LogP contribution in [0.2, 0.25) is 5.02 Å². The number of anilines is 2. The highest BCUT2D eigenvalue weighted by Gasteiger charge is 2.38. The van der Waals surface area contributed by atoms with E-state index in [1.54, 1.807) is 48.5 Å². The first-order chi connectivity index (χ1) is 16.2. The molecule has 0 atom stereocenters. The second-order valence-corrected chi connectivity index (χ2v) is 8.67. The molecule has 2 amide bonds. The summed E-state index contributed by atoms with van der Waals surface area (Å²) in [5.41, 5.74) is 3.92. The van der Waals surface area contributed by atoms with Crippen LogP contribution >= 0.6 is 23.2 Å². The van der Waals surface area contributed by atoms with E-state index in [4.69, 9.17) is 27.9 Å². The Morgan fingerprint density at radius 3 is 2.09 bits per heavy atom. The molecule has 4 rings (SSSR count). The molecule has 0 saturated heterocycles. The Morgan fingerprint density at radius 2 is 1.44 bits per heavy atom. The summed E-state index contributed by atoms with van der Waals surface area (Å²) in [5, 5.41) is 3.13. The first-order valence-corrected chi connectivity index (χ1v) is 11.1. The Bertz CT molecular complexity index is 1350. The molecule has 0 radical (unpaired) electrons. The Labute approximate surface area is 206 Å². The predicted octanol–water partition coefficient (Wildman–Crippen LogP) is 5.92. The van der Waals surface area contributed by atoms with Crippen molar-refractivity contribution in [3.05, 3.63) is 98.7 Å². The van der Waals surface area contributed by atoms with Gasteiger partial charge in [-0.25, -0.2) is 9.69 Å². The highest BCUT2D eigenvalue weighted by atomic mass is 35.5. The van der Waals surface area contributed by atoms with E-state index in [1.165, 1.54) is 0 Å². The molecule has 1 heterocycles. The van der Waals surface area contributed by atoms with Crippen LogP contribution in [0.1, 0.15) is 27.0 Å². The van der Waals surface area contributed by atoms with Gasteiger partial charge in [0.2, 0.25) is 0 Å². The largest absolute Gasteiger partial charge is 0.422 e. The lowest BCUT2D eigenvalue weighted by Crippen LogP contribution is -2.32. The van der Waals surface area contributed by atoms with Crippen molar-refractivity contribution < 1.29 is 19.1 Å². The molecule has 0 unspecified atom stereocenters. The number of aryl methyl sites for hydroxylation is 2. The van der Waals surface area contributed by atoms with Gasteiger partial charge in [-0.3, -0.25) is 9.59 Å². The van der Waals surface area contributed by atoms with Crippen molar-refractivity contribution in [2.24, 2.45) is 0 Å². The number of rotatable bonds is 5. The first kappa shape index (κ1) is 23.5. The quantitative estimate of drug-likeness (QED) is 0.270. The van der Waals surface area contributed by atoms with E-state index in [-0.39, 0.29) is 10.7 Å². The lowest BCUT2D eigenvalue weighted by molar-refractivity contribution is -0.120. The summed E-state index contributed by atoms with van der Waals surface area (Å²) >= 11 is 12.1. The smallest absolute Gasteiger partial charge is 0.343 e. The standard InChI is InChI=1S/C26H20Cl2N2O4/c1-14-4-5-15(2)23(16(14)3)34-26(33)17-6-10-19(11-7-17)29-22-21(28)24(31)30(25(22)32)20-12-8-18(27)9-13-20/h4-13,29H,1-3H3. The average Bonchev–Trinajstić information content (AvgIpc) is 3.03. The minimum atomic E-state index is -0.638. The number of carbonyl (C=O) groups excluding carboxylic acids is 3. The molecule has 1 aliphatic heterocycles. The van der Waals surface area contributed by atoms with Gasteiger partial charge in [-0.2, -0.15) is 0 Å². The molecule has 1 aliphatic rings.